The van der Waals surface area contributed by atoms with Crippen LogP contribution in [0.4, 0.5) is 0 Å². The van der Waals surface area contributed by atoms with Crippen LogP contribution >= 0.6 is 0 Å². The molecular weight excluding hydrogens is 364 g/mol. The average molecular weight is 403 g/mol. The summed E-state index contributed by atoms with van der Waals surface area (Å²) in [6.45, 7) is 15.1. The summed E-state index contributed by atoms with van der Waals surface area (Å²) >= 11 is 0. The fourth-order valence-corrected chi connectivity index (χ4v) is 8.40. The van der Waals surface area contributed by atoms with Crippen molar-refractivity contribution >= 4 is 5.97 Å². The number of esters is 1. The molecule has 4 aliphatic carbocycles. The van der Waals surface area contributed by atoms with Crippen LogP contribution in [-0.4, -0.2) is 30.1 Å². The van der Waals surface area contributed by atoms with Crippen molar-refractivity contribution in [3.63, 3.8) is 0 Å². The Morgan fingerprint density at radius 3 is 2.45 bits per heavy atom. The van der Waals surface area contributed by atoms with Crippen LogP contribution in [0, 0.1) is 34.5 Å². The molecule has 0 amide bonds. The minimum Gasteiger partial charge on any atom is -0.463 e. The molecule has 9 atom stereocenters. The first kappa shape index (κ1) is 20.1. The standard InChI is InChI=1S/C25H38O4/c1-14-7-8-17-20-18(10-12-24(14,17)5)25(6)11-9-16(27-15(2)26)13-19(25)21-22(20)29-23(3,4)28-21/h16-22H,1,7-13H2,2-6H3/t16-,17?,18?,19?,20?,21+,22+,24+,25+/m0/s1. The minimum absolute atomic E-state index is 0.0233. The van der Waals surface area contributed by atoms with Gasteiger partial charge in [-0.05, 0) is 93.3 Å². The molecule has 0 N–H and O–H groups in total. The minimum atomic E-state index is -0.539. The zero-order chi connectivity index (χ0) is 20.8. The predicted molar refractivity (Wildman–Crippen MR) is 111 cm³/mol. The van der Waals surface area contributed by atoms with E-state index in [9.17, 15) is 4.79 Å². The second kappa shape index (κ2) is 6.32. The van der Waals surface area contributed by atoms with Gasteiger partial charge in [-0.2, -0.15) is 0 Å². The summed E-state index contributed by atoms with van der Waals surface area (Å²) < 4.78 is 18.9. The van der Waals surface area contributed by atoms with Crippen molar-refractivity contribution in [2.75, 3.05) is 0 Å². The molecule has 5 fully saturated rings. The van der Waals surface area contributed by atoms with Crippen LogP contribution in [0.25, 0.3) is 0 Å². The van der Waals surface area contributed by atoms with Crippen LogP contribution in [0.2, 0.25) is 0 Å². The number of rotatable bonds is 1. The molecule has 0 aromatic carbocycles. The molecule has 0 aromatic heterocycles. The van der Waals surface area contributed by atoms with Gasteiger partial charge in [0.2, 0.25) is 0 Å². The lowest BCUT2D eigenvalue weighted by atomic mass is 9.43. The molecule has 4 nitrogen and oxygen atoms in total. The van der Waals surface area contributed by atoms with E-state index in [1.807, 2.05) is 0 Å². The molecule has 0 spiro atoms. The Hall–Kier alpha value is -0.870. The van der Waals surface area contributed by atoms with Gasteiger partial charge in [0.25, 0.3) is 0 Å². The molecule has 1 saturated heterocycles. The van der Waals surface area contributed by atoms with Gasteiger partial charge >= 0.3 is 5.97 Å². The Morgan fingerprint density at radius 1 is 1.00 bits per heavy atom. The van der Waals surface area contributed by atoms with E-state index in [1.54, 1.807) is 0 Å². The Balaban J connectivity index is 1.53. The highest BCUT2D eigenvalue weighted by Gasteiger charge is 2.68. The lowest BCUT2D eigenvalue weighted by molar-refractivity contribution is -0.190. The molecule has 0 radical (unpaired) electrons. The Labute approximate surface area is 175 Å². The molecule has 4 saturated carbocycles. The molecule has 0 bridgehead atoms. The Bertz CT molecular complexity index is 728. The fourth-order valence-electron chi connectivity index (χ4n) is 8.40. The summed E-state index contributed by atoms with van der Waals surface area (Å²) in [5.41, 5.74) is 1.96. The van der Waals surface area contributed by atoms with Crippen LogP contribution < -0.4 is 0 Å². The van der Waals surface area contributed by atoms with Crippen molar-refractivity contribution in [2.24, 2.45) is 34.5 Å². The van der Waals surface area contributed by atoms with Crippen molar-refractivity contribution in [1.29, 1.82) is 0 Å². The highest BCUT2D eigenvalue weighted by molar-refractivity contribution is 5.66. The van der Waals surface area contributed by atoms with Gasteiger partial charge in [0, 0.05) is 6.92 Å². The van der Waals surface area contributed by atoms with Crippen molar-refractivity contribution < 1.29 is 19.0 Å². The van der Waals surface area contributed by atoms with E-state index in [0.717, 1.165) is 19.3 Å². The predicted octanol–water partition coefficient (Wildman–Crippen LogP) is 5.26. The third kappa shape index (κ3) is 2.81. The summed E-state index contributed by atoms with van der Waals surface area (Å²) in [6.07, 6.45) is 8.22. The van der Waals surface area contributed by atoms with Crippen LogP contribution in [0.5, 0.6) is 0 Å². The van der Waals surface area contributed by atoms with Crippen molar-refractivity contribution in [3.8, 4) is 0 Å². The van der Waals surface area contributed by atoms with E-state index in [2.05, 4.69) is 34.3 Å². The van der Waals surface area contributed by atoms with E-state index in [1.165, 1.54) is 38.2 Å². The van der Waals surface area contributed by atoms with Gasteiger partial charge in [-0.25, -0.2) is 0 Å². The smallest absolute Gasteiger partial charge is 0.302 e. The number of fused-ring (bicyclic) bond motifs is 8. The SMILES string of the molecule is C=C1CCC2C3C(CC[C@]12C)[C@@]1(C)CC[C@H](OC(C)=O)CC1[C@H]1OC(C)(C)O[C@H]31. The van der Waals surface area contributed by atoms with Gasteiger partial charge in [0.15, 0.2) is 5.79 Å². The normalized spacial score (nSPS) is 52.9. The van der Waals surface area contributed by atoms with Crippen LogP contribution in [-0.2, 0) is 19.0 Å². The molecule has 4 unspecified atom stereocenters. The maximum absolute atomic E-state index is 11.6. The molecule has 162 valence electrons. The molecule has 29 heavy (non-hydrogen) atoms. The van der Waals surface area contributed by atoms with E-state index < -0.39 is 5.79 Å². The van der Waals surface area contributed by atoms with Crippen LogP contribution in [0.15, 0.2) is 12.2 Å². The molecule has 5 rings (SSSR count). The molecule has 1 aliphatic heterocycles. The molecular formula is C25H38O4. The van der Waals surface area contributed by atoms with Gasteiger partial charge in [-0.1, -0.05) is 26.0 Å². The van der Waals surface area contributed by atoms with Gasteiger partial charge in [0.1, 0.15) is 6.10 Å². The second-order valence-corrected chi connectivity index (χ2v) is 11.6. The van der Waals surface area contributed by atoms with Crippen molar-refractivity contribution in [3.05, 3.63) is 12.2 Å². The van der Waals surface area contributed by atoms with Gasteiger partial charge in [-0.15, -0.1) is 0 Å². The van der Waals surface area contributed by atoms with Gasteiger partial charge in [0.05, 0.1) is 12.2 Å². The molecule has 0 aromatic rings. The van der Waals surface area contributed by atoms with E-state index in [0.29, 0.717) is 23.7 Å². The Morgan fingerprint density at radius 2 is 1.72 bits per heavy atom. The number of carbonyl (C=O) groups excluding carboxylic acids is 1. The van der Waals surface area contributed by atoms with E-state index in [-0.39, 0.29) is 35.1 Å². The van der Waals surface area contributed by atoms with E-state index in [4.69, 9.17) is 14.2 Å². The number of ether oxygens (including phenoxy) is 3. The monoisotopic (exact) mass is 402 g/mol. The third-order valence-electron chi connectivity index (χ3n) is 9.78. The Kier molecular flexibility index (Phi) is 4.37. The summed E-state index contributed by atoms with van der Waals surface area (Å²) in [5, 5.41) is 0. The first-order chi connectivity index (χ1) is 13.6. The number of allylic oxidation sites excluding steroid dienone is 1. The maximum atomic E-state index is 11.6. The molecule has 4 heteroatoms. The van der Waals surface area contributed by atoms with Crippen molar-refractivity contribution in [2.45, 2.75) is 104 Å². The fraction of sp³-hybridized carbons (Fsp3) is 0.880. The molecule has 1 heterocycles. The lowest BCUT2D eigenvalue weighted by Crippen LogP contribution is -2.63. The number of carbonyl (C=O) groups is 1. The zero-order valence-corrected chi connectivity index (χ0v) is 18.8. The van der Waals surface area contributed by atoms with Crippen molar-refractivity contribution in [1.82, 2.24) is 0 Å². The van der Waals surface area contributed by atoms with Crippen LogP contribution in [0.3, 0.4) is 0 Å². The van der Waals surface area contributed by atoms with Gasteiger partial charge in [-0.3, -0.25) is 4.79 Å². The molecule has 5 aliphatic rings. The number of hydrogen-bond donors (Lipinski definition) is 0. The lowest BCUT2D eigenvalue weighted by Gasteiger charge is -2.63. The van der Waals surface area contributed by atoms with Gasteiger partial charge < -0.3 is 14.2 Å². The quantitative estimate of drug-likeness (QED) is 0.443. The first-order valence-corrected chi connectivity index (χ1v) is 11.8. The highest BCUT2D eigenvalue weighted by Crippen LogP contribution is 2.69. The van der Waals surface area contributed by atoms with E-state index >= 15 is 0 Å². The zero-order valence-electron chi connectivity index (χ0n) is 18.8. The second-order valence-electron chi connectivity index (χ2n) is 11.6. The average Bonchev–Trinajstić information content (AvgIpc) is 3.11. The maximum Gasteiger partial charge on any atom is 0.302 e. The first-order valence-electron chi connectivity index (χ1n) is 11.8. The summed E-state index contributed by atoms with van der Waals surface area (Å²) in [5.74, 6) is 1.55. The largest absolute Gasteiger partial charge is 0.463 e. The summed E-state index contributed by atoms with van der Waals surface area (Å²) in [4.78, 5) is 11.6. The topological polar surface area (TPSA) is 44.8 Å². The van der Waals surface area contributed by atoms with Crippen LogP contribution in [0.1, 0.15) is 79.6 Å². The highest BCUT2D eigenvalue weighted by atomic mass is 16.8. The summed E-state index contributed by atoms with van der Waals surface area (Å²) in [7, 11) is 0. The third-order valence-corrected chi connectivity index (χ3v) is 9.78. The number of hydrogen-bond acceptors (Lipinski definition) is 4. The summed E-state index contributed by atoms with van der Waals surface area (Å²) in [6, 6.07) is 0.